The number of hydrogen-bond acceptors (Lipinski definition) is 5. The third-order valence-electron chi connectivity index (χ3n) is 6.89. The summed E-state index contributed by atoms with van der Waals surface area (Å²) >= 11 is 0. The fourth-order valence-corrected chi connectivity index (χ4v) is 4.64. The number of hydrogen-bond donors (Lipinski definition) is 3. The number of morpholine rings is 1. The second kappa shape index (κ2) is 12.5. The third kappa shape index (κ3) is 7.61. The normalized spacial score (nSPS) is 17.2. The molecule has 206 valence electrons. The quantitative estimate of drug-likeness (QED) is 0.483. The van der Waals surface area contributed by atoms with Crippen LogP contribution in [0.1, 0.15) is 35.7 Å². The van der Waals surface area contributed by atoms with Gasteiger partial charge in [-0.15, -0.1) is 0 Å². The van der Waals surface area contributed by atoms with Gasteiger partial charge in [-0.25, -0.2) is 4.79 Å². The zero-order valence-electron chi connectivity index (χ0n) is 21.4. The molecule has 3 N–H and O–H groups in total. The zero-order chi connectivity index (χ0) is 27.1. The van der Waals surface area contributed by atoms with Crippen LogP contribution in [0.15, 0.2) is 42.5 Å². The highest BCUT2D eigenvalue weighted by Crippen LogP contribution is 2.31. The average molecular weight is 534 g/mol. The molecule has 0 aliphatic carbocycles. The van der Waals surface area contributed by atoms with Crippen molar-refractivity contribution >= 4 is 29.0 Å². The van der Waals surface area contributed by atoms with Gasteiger partial charge in [0.15, 0.2) is 0 Å². The Morgan fingerprint density at radius 2 is 1.66 bits per heavy atom. The highest BCUT2D eigenvalue weighted by molar-refractivity contribution is 6.04. The lowest BCUT2D eigenvalue weighted by atomic mass is 9.98. The Morgan fingerprint density at radius 3 is 2.34 bits per heavy atom. The Morgan fingerprint density at radius 1 is 0.974 bits per heavy atom. The maximum Gasteiger partial charge on any atom is 0.416 e. The minimum absolute atomic E-state index is 0.0115. The van der Waals surface area contributed by atoms with Gasteiger partial charge in [0.25, 0.3) is 5.91 Å². The van der Waals surface area contributed by atoms with Gasteiger partial charge in [-0.1, -0.05) is 13.0 Å². The molecular formula is C27H34F3N5O3. The van der Waals surface area contributed by atoms with Crippen molar-refractivity contribution in [3.63, 3.8) is 0 Å². The molecule has 0 saturated carbocycles. The molecular weight excluding hydrogens is 499 g/mol. The van der Waals surface area contributed by atoms with E-state index in [0.29, 0.717) is 43.5 Å². The minimum Gasteiger partial charge on any atom is -0.379 e. The van der Waals surface area contributed by atoms with Gasteiger partial charge < -0.3 is 25.6 Å². The Bertz CT molecular complexity index is 1110. The fourth-order valence-electron chi connectivity index (χ4n) is 4.64. The standard InChI is InChI=1S/C27H34F3N5O3/c1-19-7-10-35(11-8-19)24-6-5-22(18-23(24)25(36)31-9-12-34-13-15-38-16-14-34)33-26(37)32-21-4-2-3-20(17-21)27(28,29)30/h2-6,17-19H,7-16H2,1H3,(H,31,36)(H2,32,33,37). The second-order valence-corrected chi connectivity index (χ2v) is 9.77. The molecule has 2 heterocycles. The first kappa shape index (κ1) is 27.7. The van der Waals surface area contributed by atoms with E-state index >= 15 is 0 Å². The Balaban J connectivity index is 1.45. The number of anilines is 3. The van der Waals surface area contributed by atoms with E-state index in [0.717, 1.165) is 56.8 Å². The zero-order valence-corrected chi connectivity index (χ0v) is 21.4. The summed E-state index contributed by atoms with van der Waals surface area (Å²) in [6.07, 6.45) is -2.46. The summed E-state index contributed by atoms with van der Waals surface area (Å²) in [4.78, 5) is 30.2. The van der Waals surface area contributed by atoms with E-state index in [9.17, 15) is 22.8 Å². The molecule has 11 heteroatoms. The number of benzene rings is 2. The number of carbonyl (C=O) groups excluding carboxylic acids is 2. The van der Waals surface area contributed by atoms with Gasteiger partial charge in [-0.2, -0.15) is 13.2 Å². The maximum atomic E-state index is 13.3. The fraction of sp³-hybridized carbons (Fsp3) is 0.481. The van der Waals surface area contributed by atoms with Crippen molar-refractivity contribution in [2.24, 2.45) is 5.92 Å². The van der Waals surface area contributed by atoms with Crippen molar-refractivity contribution in [1.82, 2.24) is 10.2 Å². The lowest BCUT2D eigenvalue weighted by molar-refractivity contribution is -0.137. The van der Waals surface area contributed by atoms with Crippen molar-refractivity contribution in [3.8, 4) is 0 Å². The first-order valence-electron chi connectivity index (χ1n) is 12.9. The van der Waals surface area contributed by atoms with Gasteiger partial charge in [0.2, 0.25) is 0 Å². The number of nitrogens with one attached hydrogen (secondary N) is 3. The molecule has 2 aliphatic heterocycles. The topological polar surface area (TPSA) is 85.9 Å². The molecule has 2 aromatic carbocycles. The average Bonchev–Trinajstić information content (AvgIpc) is 2.89. The van der Waals surface area contributed by atoms with Crippen LogP contribution < -0.4 is 20.9 Å². The Kier molecular flexibility index (Phi) is 9.11. The lowest BCUT2D eigenvalue weighted by Gasteiger charge is -2.33. The number of alkyl halides is 3. The van der Waals surface area contributed by atoms with E-state index in [-0.39, 0.29) is 11.6 Å². The molecule has 0 radical (unpaired) electrons. The number of carbonyl (C=O) groups is 2. The monoisotopic (exact) mass is 533 g/mol. The smallest absolute Gasteiger partial charge is 0.379 e. The van der Waals surface area contributed by atoms with Crippen LogP contribution in [-0.2, 0) is 10.9 Å². The maximum absolute atomic E-state index is 13.3. The molecule has 8 nitrogen and oxygen atoms in total. The third-order valence-corrected chi connectivity index (χ3v) is 6.89. The summed E-state index contributed by atoms with van der Waals surface area (Å²) in [7, 11) is 0. The Hall–Kier alpha value is -3.31. The molecule has 0 atom stereocenters. The van der Waals surface area contributed by atoms with E-state index < -0.39 is 17.8 Å². The SMILES string of the molecule is CC1CCN(c2ccc(NC(=O)Nc3cccc(C(F)(F)F)c3)cc2C(=O)NCCN2CCOCC2)CC1. The molecule has 2 saturated heterocycles. The molecule has 38 heavy (non-hydrogen) atoms. The molecule has 3 amide bonds. The number of halogens is 3. The molecule has 0 spiro atoms. The molecule has 2 aliphatic rings. The molecule has 0 unspecified atom stereocenters. The van der Waals surface area contributed by atoms with Crippen LogP contribution in [0.5, 0.6) is 0 Å². The van der Waals surface area contributed by atoms with Gasteiger partial charge in [-0.05, 0) is 55.2 Å². The van der Waals surface area contributed by atoms with Crippen molar-refractivity contribution < 1.29 is 27.5 Å². The van der Waals surface area contributed by atoms with E-state index in [1.807, 2.05) is 6.07 Å². The number of amides is 3. The van der Waals surface area contributed by atoms with E-state index in [4.69, 9.17) is 4.74 Å². The van der Waals surface area contributed by atoms with E-state index in [1.165, 1.54) is 12.1 Å². The van der Waals surface area contributed by atoms with Gasteiger partial charge >= 0.3 is 12.2 Å². The highest BCUT2D eigenvalue weighted by Gasteiger charge is 2.30. The molecule has 4 rings (SSSR count). The predicted octanol–water partition coefficient (Wildman–Crippen LogP) is 4.65. The van der Waals surface area contributed by atoms with Crippen LogP contribution in [0.25, 0.3) is 0 Å². The summed E-state index contributed by atoms with van der Waals surface area (Å²) in [6, 6.07) is 8.83. The number of ether oxygens (including phenoxy) is 1. The molecule has 0 aromatic heterocycles. The summed E-state index contributed by atoms with van der Waals surface area (Å²) in [6.45, 7) is 8.08. The number of piperidine rings is 1. The van der Waals surface area contributed by atoms with Crippen molar-refractivity contribution in [2.45, 2.75) is 25.9 Å². The van der Waals surface area contributed by atoms with Crippen molar-refractivity contribution in [2.75, 3.05) is 68.0 Å². The number of rotatable bonds is 7. The summed E-state index contributed by atoms with van der Waals surface area (Å²) < 4.78 is 44.4. The van der Waals surface area contributed by atoms with Gasteiger partial charge in [-0.3, -0.25) is 9.69 Å². The van der Waals surface area contributed by atoms with Crippen molar-refractivity contribution in [1.29, 1.82) is 0 Å². The largest absolute Gasteiger partial charge is 0.416 e. The first-order valence-corrected chi connectivity index (χ1v) is 12.9. The summed E-state index contributed by atoms with van der Waals surface area (Å²) in [5.74, 6) is 0.381. The first-order chi connectivity index (χ1) is 18.2. The van der Waals surface area contributed by atoms with E-state index in [2.05, 4.69) is 32.7 Å². The summed E-state index contributed by atoms with van der Waals surface area (Å²) in [5.41, 5.74) is 0.758. The summed E-state index contributed by atoms with van der Waals surface area (Å²) in [5, 5.41) is 8.06. The molecule has 2 aromatic rings. The Labute approximate surface area is 220 Å². The minimum atomic E-state index is -4.51. The van der Waals surface area contributed by atoms with Crippen LogP contribution >= 0.6 is 0 Å². The predicted molar refractivity (Wildman–Crippen MR) is 141 cm³/mol. The molecule has 2 fully saturated rings. The van der Waals surface area contributed by atoms with Crippen LogP contribution in [0.2, 0.25) is 0 Å². The number of nitrogens with zero attached hydrogens (tertiary/aromatic N) is 2. The lowest BCUT2D eigenvalue weighted by Crippen LogP contribution is -2.41. The van der Waals surface area contributed by atoms with E-state index in [1.54, 1.807) is 12.1 Å². The number of urea groups is 1. The van der Waals surface area contributed by atoms with Crippen LogP contribution in [0, 0.1) is 5.92 Å². The van der Waals surface area contributed by atoms with Crippen LogP contribution in [0.4, 0.5) is 35.0 Å². The van der Waals surface area contributed by atoms with Crippen LogP contribution in [-0.4, -0.2) is 69.3 Å². The van der Waals surface area contributed by atoms with Crippen molar-refractivity contribution in [3.05, 3.63) is 53.6 Å². The highest BCUT2D eigenvalue weighted by atomic mass is 19.4. The van der Waals surface area contributed by atoms with Gasteiger partial charge in [0.1, 0.15) is 0 Å². The van der Waals surface area contributed by atoms with Crippen LogP contribution in [0.3, 0.4) is 0 Å². The van der Waals surface area contributed by atoms with Gasteiger partial charge in [0.05, 0.1) is 24.3 Å². The van der Waals surface area contributed by atoms with Gasteiger partial charge in [0, 0.05) is 56.3 Å². The molecule has 0 bridgehead atoms. The second-order valence-electron chi connectivity index (χ2n) is 9.77.